The molecule has 128 valence electrons. The third-order valence-corrected chi connectivity index (χ3v) is 5.54. The van der Waals surface area contributed by atoms with E-state index in [1.54, 1.807) is 6.07 Å². The summed E-state index contributed by atoms with van der Waals surface area (Å²) in [5.41, 5.74) is 7.78. The monoisotopic (exact) mass is 333 g/mol. The summed E-state index contributed by atoms with van der Waals surface area (Å²) < 4.78 is 2.26. The van der Waals surface area contributed by atoms with Crippen LogP contribution >= 0.6 is 0 Å². The summed E-state index contributed by atoms with van der Waals surface area (Å²) in [4.78, 5) is 11.8. The van der Waals surface area contributed by atoms with Crippen LogP contribution in [0.1, 0.15) is 51.1 Å². The summed E-state index contributed by atoms with van der Waals surface area (Å²) in [6.07, 6.45) is 4.45. The Morgan fingerprint density at radius 2 is 1.88 bits per heavy atom. The minimum atomic E-state index is -0.846. The first-order valence-corrected chi connectivity index (χ1v) is 8.98. The molecule has 0 bridgehead atoms. The van der Waals surface area contributed by atoms with Crippen LogP contribution in [0.4, 0.5) is 0 Å². The van der Waals surface area contributed by atoms with E-state index in [-0.39, 0.29) is 0 Å². The van der Waals surface area contributed by atoms with Crippen molar-refractivity contribution < 1.29 is 9.90 Å². The first-order valence-electron chi connectivity index (χ1n) is 8.98. The highest BCUT2D eigenvalue weighted by Crippen LogP contribution is 2.34. The second-order valence-electron chi connectivity index (χ2n) is 7.14. The predicted octanol–water partition coefficient (Wildman–Crippen LogP) is 4.88. The van der Waals surface area contributed by atoms with Crippen molar-refractivity contribution in [3.8, 4) is 0 Å². The number of carboxylic acids is 1. The molecule has 0 saturated carbocycles. The third-order valence-electron chi connectivity index (χ3n) is 5.54. The number of aromatic carboxylic acids is 1. The molecular formula is C22H23NO2. The number of fused-ring (bicyclic) bond motifs is 3. The molecule has 1 aromatic heterocycles. The standard InChI is InChI=1S/C22H23NO2/c1-14-10-11-16(12-15(14)2)13-23-20-9-4-3-6-17(20)18-7-5-8-19(21(18)23)22(24)25/h5,7-8,10-12H,3-4,6,9,13H2,1-2H3,(H,24,25). The topological polar surface area (TPSA) is 42.2 Å². The maximum Gasteiger partial charge on any atom is 0.337 e. The highest BCUT2D eigenvalue weighted by Gasteiger charge is 2.23. The Bertz CT molecular complexity index is 981. The number of aromatic nitrogens is 1. The van der Waals surface area contributed by atoms with E-state index in [1.165, 1.54) is 40.8 Å². The lowest BCUT2D eigenvalue weighted by Gasteiger charge is -2.17. The van der Waals surface area contributed by atoms with Crippen molar-refractivity contribution in [2.45, 2.75) is 46.1 Å². The van der Waals surface area contributed by atoms with Gasteiger partial charge in [-0.15, -0.1) is 0 Å². The Balaban J connectivity index is 1.94. The van der Waals surface area contributed by atoms with Crippen LogP contribution in [0.3, 0.4) is 0 Å². The van der Waals surface area contributed by atoms with Crippen LogP contribution in [0.5, 0.6) is 0 Å². The van der Waals surface area contributed by atoms with Crippen LogP contribution in [-0.2, 0) is 19.4 Å². The summed E-state index contributed by atoms with van der Waals surface area (Å²) in [5, 5.41) is 10.8. The van der Waals surface area contributed by atoms with Gasteiger partial charge in [-0.25, -0.2) is 4.79 Å². The van der Waals surface area contributed by atoms with Gasteiger partial charge in [0.15, 0.2) is 0 Å². The summed E-state index contributed by atoms with van der Waals surface area (Å²) in [5.74, 6) is -0.846. The van der Waals surface area contributed by atoms with E-state index in [0.29, 0.717) is 5.56 Å². The molecule has 0 aliphatic heterocycles. The molecule has 1 N–H and O–H groups in total. The van der Waals surface area contributed by atoms with Crippen molar-refractivity contribution in [3.63, 3.8) is 0 Å². The summed E-state index contributed by atoms with van der Waals surface area (Å²) in [6.45, 7) is 4.98. The van der Waals surface area contributed by atoms with Crippen LogP contribution in [0, 0.1) is 13.8 Å². The molecular weight excluding hydrogens is 310 g/mol. The lowest BCUT2D eigenvalue weighted by Crippen LogP contribution is -2.11. The molecule has 2 aromatic carbocycles. The molecule has 3 nitrogen and oxygen atoms in total. The fraction of sp³-hybridized carbons (Fsp3) is 0.318. The highest BCUT2D eigenvalue weighted by atomic mass is 16.4. The van der Waals surface area contributed by atoms with E-state index >= 15 is 0 Å². The van der Waals surface area contributed by atoms with Gasteiger partial charge in [0.2, 0.25) is 0 Å². The van der Waals surface area contributed by atoms with E-state index in [9.17, 15) is 9.90 Å². The molecule has 0 amide bonds. The van der Waals surface area contributed by atoms with Crippen LogP contribution in [-0.4, -0.2) is 15.6 Å². The first kappa shape index (κ1) is 15.9. The van der Waals surface area contributed by atoms with Gasteiger partial charge in [0.1, 0.15) is 0 Å². The number of carboxylic acid groups (broad SMARTS) is 1. The molecule has 1 aliphatic rings. The lowest BCUT2D eigenvalue weighted by molar-refractivity contribution is 0.0698. The Morgan fingerprint density at radius 3 is 2.64 bits per heavy atom. The number of para-hydroxylation sites is 1. The van der Waals surface area contributed by atoms with Crippen molar-refractivity contribution in [3.05, 3.63) is 69.9 Å². The maximum atomic E-state index is 11.8. The molecule has 0 fully saturated rings. The van der Waals surface area contributed by atoms with Gasteiger partial charge in [-0.2, -0.15) is 0 Å². The van der Waals surface area contributed by atoms with Gasteiger partial charge in [-0.3, -0.25) is 0 Å². The first-order chi connectivity index (χ1) is 12.1. The molecule has 0 unspecified atom stereocenters. The zero-order valence-corrected chi connectivity index (χ0v) is 14.8. The number of benzene rings is 2. The molecule has 4 rings (SSSR count). The molecule has 0 atom stereocenters. The number of carbonyl (C=O) groups is 1. The average molecular weight is 333 g/mol. The SMILES string of the molecule is Cc1ccc(Cn2c3c(c4cccc(C(=O)O)c42)CCCC3)cc1C. The van der Waals surface area contributed by atoms with Gasteiger partial charge in [-0.05, 0) is 67.9 Å². The molecule has 3 heteroatoms. The third kappa shape index (κ3) is 2.64. The van der Waals surface area contributed by atoms with Crippen molar-refractivity contribution in [1.29, 1.82) is 0 Å². The molecule has 3 aromatic rings. The fourth-order valence-electron chi connectivity index (χ4n) is 4.12. The zero-order chi connectivity index (χ0) is 17.6. The Morgan fingerprint density at radius 1 is 1.08 bits per heavy atom. The van der Waals surface area contributed by atoms with Crippen LogP contribution in [0.25, 0.3) is 10.9 Å². The number of hydrogen-bond donors (Lipinski definition) is 1. The average Bonchev–Trinajstić information content (AvgIpc) is 2.92. The predicted molar refractivity (Wildman–Crippen MR) is 101 cm³/mol. The van der Waals surface area contributed by atoms with Crippen molar-refractivity contribution in [2.24, 2.45) is 0 Å². The normalized spacial score (nSPS) is 13.8. The Kier molecular flexibility index (Phi) is 3.87. The Labute approximate surface area is 147 Å². The molecule has 1 heterocycles. The second kappa shape index (κ2) is 6.07. The molecule has 1 aliphatic carbocycles. The molecule has 0 spiro atoms. The van der Waals surface area contributed by atoms with E-state index in [2.05, 4.69) is 42.7 Å². The van der Waals surface area contributed by atoms with Gasteiger partial charge in [0.25, 0.3) is 0 Å². The van der Waals surface area contributed by atoms with Crippen molar-refractivity contribution in [1.82, 2.24) is 4.57 Å². The fourth-order valence-corrected chi connectivity index (χ4v) is 4.12. The summed E-state index contributed by atoms with van der Waals surface area (Å²) in [6, 6.07) is 12.2. The number of rotatable bonds is 3. The Hall–Kier alpha value is -2.55. The van der Waals surface area contributed by atoms with E-state index in [0.717, 1.165) is 30.3 Å². The number of aryl methyl sites for hydroxylation is 3. The molecule has 0 saturated heterocycles. The zero-order valence-electron chi connectivity index (χ0n) is 14.8. The minimum absolute atomic E-state index is 0.413. The molecule has 0 radical (unpaired) electrons. The van der Waals surface area contributed by atoms with Crippen LogP contribution in [0.15, 0.2) is 36.4 Å². The van der Waals surface area contributed by atoms with Gasteiger partial charge in [-0.1, -0.05) is 30.3 Å². The highest BCUT2D eigenvalue weighted by molar-refractivity contribution is 6.04. The summed E-state index contributed by atoms with van der Waals surface area (Å²) in [7, 11) is 0. The second-order valence-corrected chi connectivity index (χ2v) is 7.14. The van der Waals surface area contributed by atoms with Crippen molar-refractivity contribution in [2.75, 3.05) is 0 Å². The van der Waals surface area contributed by atoms with Gasteiger partial charge in [0, 0.05) is 17.6 Å². The number of nitrogens with zero attached hydrogens (tertiary/aromatic N) is 1. The van der Waals surface area contributed by atoms with Gasteiger partial charge < -0.3 is 9.67 Å². The van der Waals surface area contributed by atoms with Gasteiger partial charge in [0.05, 0.1) is 11.1 Å². The van der Waals surface area contributed by atoms with Gasteiger partial charge >= 0.3 is 5.97 Å². The van der Waals surface area contributed by atoms with E-state index in [4.69, 9.17) is 0 Å². The molecule has 25 heavy (non-hydrogen) atoms. The summed E-state index contributed by atoms with van der Waals surface area (Å²) >= 11 is 0. The lowest BCUT2D eigenvalue weighted by atomic mass is 9.95. The van der Waals surface area contributed by atoms with Crippen LogP contribution in [0.2, 0.25) is 0 Å². The quantitative estimate of drug-likeness (QED) is 0.742. The van der Waals surface area contributed by atoms with Crippen LogP contribution < -0.4 is 0 Å². The largest absolute Gasteiger partial charge is 0.478 e. The smallest absolute Gasteiger partial charge is 0.337 e. The van der Waals surface area contributed by atoms with E-state index in [1.807, 2.05) is 6.07 Å². The maximum absolute atomic E-state index is 11.8. The van der Waals surface area contributed by atoms with E-state index < -0.39 is 5.97 Å². The van der Waals surface area contributed by atoms with Crippen molar-refractivity contribution >= 4 is 16.9 Å². The number of hydrogen-bond acceptors (Lipinski definition) is 1. The minimum Gasteiger partial charge on any atom is -0.478 e.